The molecule has 0 aromatic heterocycles. The highest BCUT2D eigenvalue weighted by molar-refractivity contribution is 5.94. The van der Waals surface area contributed by atoms with Crippen molar-refractivity contribution in [2.45, 2.75) is 13.8 Å². The largest absolute Gasteiger partial charge is 0.484 e. The van der Waals surface area contributed by atoms with Gasteiger partial charge in [0.1, 0.15) is 5.75 Å². The summed E-state index contributed by atoms with van der Waals surface area (Å²) in [7, 11) is 0. The van der Waals surface area contributed by atoms with Crippen LogP contribution in [0.2, 0.25) is 0 Å². The molecule has 1 amide bonds. The van der Waals surface area contributed by atoms with Gasteiger partial charge in [-0.15, -0.1) is 0 Å². The van der Waals surface area contributed by atoms with Crippen molar-refractivity contribution >= 4 is 11.7 Å². The fraction of sp³-hybridized carbons (Fsp3) is 0.429. The average Bonchev–Trinajstić information content (AvgIpc) is 2.42. The maximum Gasteiger partial charge on any atom is 0.257 e. The minimum atomic E-state index is -0.200. The second-order valence-electron chi connectivity index (χ2n) is 4.52. The van der Waals surface area contributed by atoms with Gasteiger partial charge in [-0.05, 0) is 31.5 Å². The summed E-state index contributed by atoms with van der Waals surface area (Å²) in [5.41, 5.74) is 6.02. The molecule has 19 heavy (non-hydrogen) atoms. The summed E-state index contributed by atoms with van der Waals surface area (Å²) in [5, 5.41) is 2.73. The third-order valence-corrected chi connectivity index (χ3v) is 2.66. The molecule has 0 aliphatic carbocycles. The quantitative estimate of drug-likeness (QED) is 0.719. The summed E-state index contributed by atoms with van der Waals surface area (Å²) in [4.78, 5) is 22.7. The number of hydrogen-bond donors (Lipinski definition) is 2. The first-order valence-corrected chi connectivity index (χ1v) is 6.23. The van der Waals surface area contributed by atoms with E-state index < -0.39 is 0 Å². The molecule has 0 radical (unpaired) electrons. The first kappa shape index (κ1) is 15.2. The van der Waals surface area contributed by atoms with Crippen LogP contribution in [0.4, 0.5) is 0 Å². The second kappa shape index (κ2) is 7.53. The average molecular weight is 264 g/mol. The molecular weight excluding hydrogens is 244 g/mol. The van der Waals surface area contributed by atoms with Crippen molar-refractivity contribution in [2.24, 2.45) is 11.7 Å². The third-order valence-electron chi connectivity index (χ3n) is 2.66. The van der Waals surface area contributed by atoms with Crippen LogP contribution in [-0.4, -0.2) is 31.4 Å². The highest BCUT2D eigenvalue weighted by Gasteiger charge is 2.06. The number of hydrogen-bond acceptors (Lipinski definition) is 4. The minimum absolute atomic E-state index is 0.0355. The number of nitrogens with two attached hydrogens (primary N) is 1. The Hall–Kier alpha value is -1.88. The fourth-order valence-electron chi connectivity index (χ4n) is 1.38. The van der Waals surface area contributed by atoms with Gasteiger partial charge in [0.2, 0.25) is 0 Å². The Labute approximate surface area is 113 Å². The van der Waals surface area contributed by atoms with Crippen molar-refractivity contribution in [3.63, 3.8) is 0 Å². The Morgan fingerprint density at radius 2 is 2.16 bits per heavy atom. The van der Waals surface area contributed by atoms with E-state index in [0.29, 0.717) is 24.4 Å². The number of ether oxygens (including phenoxy) is 1. The molecule has 0 heterocycles. The van der Waals surface area contributed by atoms with Crippen LogP contribution in [0.25, 0.3) is 0 Å². The SMILES string of the molecule is CC(=O)c1cccc(OCC(=O)NCC(C)CN)c1. The van der Waals surface area contributed by atoms with Crippen LogP contribution < -0.4 is 15.8 Å². The van der Waals surface area contributed by atoms with Gasteiger partial charge in [-0.25, -0.2) is 0 Å². The lowest BCUT2D eigenvalue weighted by Gasteiger charge is -2.11. The van der Waals surface area contributed by atoms with Gasteiger partial charge in [-0.1, -0.05) is 19.1 Å². The Kier molecular flexibility index (Phi) is 6.02. The Morgan fingerprint density at radius 1 is 1.42 bits per heavy atom. The van der Waals surface area contributed by atoms with Gasteiger partial charge in [0.15, 0.2) is 12.4 Å². The van der Waals surface area contributed by atoms with Crippen molar-refractivity contribution in [1.82, 2.24) is 5.32 Å². The highest BCUT2D eigenvalue weighted by Crippen LogP contribution is 2.13. The van der Waals surface area contributed by atoms with Crippen LogP contribution >= 0.6 is 0 Å². The minimum Gasteiger partial charge on any atom is -0.484 e. The van der Waals surface area contributed by atoms with Crippen LogP contribution in [-0.2, 0) is 4.79 Å². The van der Waals surface area contributed by atoms with Gasteiger partial charge in [-0.2, -0.15) is 0 Å². The molecule has 104 valence electrons. The lowest BCUT2D eigenvalue weighted by molar-refractivity contribution is -0.123. The summed E-state index contributed by atoms with van der Waals surface area (Å²) in [5.74, 6) is 0.514. The smallest absolute Gasteiger partial charge is 0.257 e. The number of nitrogens with one attached hydrogen (secondary N) is 1. The Morgan fingerprint density at radius 3 is 2.79 bits per heavy atom. The first-order valence-electron chi connectivity index (χ1n) is 6.23. The number of ketones is 1. The fourth-order valence-corrected chi connectivity index (χ4v) is 1.38. The lowest BCUT2D eigenvalue weighted by Crippen LogP contribution is -2.34. The van der Waals surface area contributed by atoms with Crippen molar-refractivity contribution in [1.29, 1.82) is 0 Å². The van der Waals surface area contributed by atoms with Crippen molar-refractivity contribution < 1.29 is 14.3 Å². The predicted octanol–water partition coefficient (Wildman–Crippen LogP) is 0.979. The Bertz CT molecular complexity index is 446. The van der Waals surface area contributed by atoms with E-state index in [1.54, 1.807) is 24.3 Å². The van der Waals surface area contributed by atoms with E-state index in [1.165, 1.54) is 6.92 Å². The second-order valence-corrected chi connectivity index (χ2v) is 4.52. The van der Waals surface area contributed by atoms with Crippen LogP contribution in [0.1, 0.15) is 24.2 Å². The van der Waals surface area contributed by atoms with Gasteiger partial charge in [0.05, 0.1) is 0 Å². The molecule has 1 unspecified atom stereocenters. The van der Waals surface area contributed by atoms with Gasteiger partial charge in [0, 0.05) is 12.1 Å². The van der Waals surface area contributed by atoms with Crippen LogP contribution in [0.3, 0.4) is 0 Å². The summed E-state index contributed by atoms with van der Waals surface area (Å²) in [6.45, 7) is 4.43. The van der Waals surface area contributed by atoms with E-state index in [1.807, 2.05) is 6.92 Å². The van der Waals surface area contributed by atoms with E-state index in [9.17, 15) is 9.59 Å². The molecule has 1 aromatic carbocycles. The van der Waals surface area contributed by atoms with Crippen molar-refractivity contribution in [3.05, 3.63) is 29.8 Å². The molecule has 1 rings (SSSR count). The molecule has 0 aliphatic heterocycles. The Balaban J connectivity index is 2.42. The standard InChI is InChI=1S/C14H20N2O3/c1-10(7-15)8-16-14(18)9-19-13-5-3-4-12(6-13)11(2)17/h3-6,10H,7-9,15H2,1-2H3,(H,16,18). The summed E-state index contributed by atoms with van der Waals surface area (Å²) >= 11 is 0. The predicted molar refractivity (Wildman–Crippen MR) is 73.2 cm³/mol. The van der Waals surface area contributed by atoms with E-state index in [-0.39, 0.29) is 24.2 Å². The molecule has 1 aromatic rings. The van der Waals surface area contributed by atoms with Crippen LogP contribution in [0.15, 0.2) is 24.3 Å². The molecule has 0 fully saturated rings. The number of amides is 1. The van der Waals surface area contributed by atoms with Crippen molar-refractivity contribution in [2.75, 3.05) is 19.7 Å². The molecule has 0 bridgehead atoms. The molecule has 3 N–H and O–H groups in total. The van der Waals surface area contributed by atoms with E-state index in [2.05, 4.69) is 5.32 Å². The van der Waals surface area contributed by atoms with Gasteiger partial charge in [0.25, 0.3) is 5.91 Å². The summed E-state index contributed by atoms with van der Waals surface area (Å²) < 4.78 is 5.33. The molecule has 1 atom stereocenters. The van der Waals surface area contributed by atoms with Gasteiger partial charge < -0.3 is 15.8 Å². The topological polar surface area (TPSA) is 81.4 Å². The number of carbonyl (C=O) groups is 2. The number of Topliss-reactive ketones (excluding diaryl/α,β-unsaturated/α-hetero) is 1. The van der Waals surface area contributed by atoms with Crippen molar-refractivity contribution in [3.8, 4) is 5.75 Å². The molecule has 0 aliphatic rings. The number of carbonyl (C=O) groups excluding carboxylic acids is 2. The maximum absolute atomic E-state index is 11.5. The summed E-state index contributed by atoms with van der Waals surface area (Å²) in [6.07, 6.45) is 0. The molecule has 0 saturated heterocycles. The zero-order valence-corrected chi connectivity index (χ0v) is 11.3. The molecule has 5 nitrogen and oxygen atoms in total. The normalized spacial score (nSPS) is 11.7. The molecule has 0 spiro atoms. The summed E-state index contributed by atoms with van der Waals surface area (Å²) in [6, 6.07) is 6.76. The first-order chi connectivity index (χ1) is 9.02. The lowest BCUT2D eigenvalue weighted by atomic mass is 10.1. The van der Waals surface area contributed by atoms with Crippen LogP contribution in [0, 0.1) is 5.92 Å². The van der Waals surface area contributed by atoms with E-state index in [4.69, 9.17) is 10.5 Å². The number of benzene rings is 1. The van der Waals surface area contributed by atoms with E-state index in [0.717, 1.165) is 0 Å². The zero-order valence-electron chi connectivity index (χ0n) is 11.3. The van der Waals surface area contributed by atoms with Gasteiger partial charge in [-0.3, -0.25) is 9.59 Å². The van der Waals surface area contributed by atoms with Crippen LogP contribution in [0.5, 0.6) is 5.75 Å². The molecule has 5 heteroatoms. The molecule has 0 saturated carbocycles. The van der Waals surface area contributed by atoms with E-state index >= 15 is 0 Å². The number of rotatable bonds is 7. The third kappa shape index (κ3) is 5.52. The zero-order chi connectivity index (χ0) is 14.3. The van der Waals surface area contributed by atoms with Gasteiger partial charge >= 0.3 is 0 Å². The molecular formula is C14H20N2O3. The maximum atomic E-state index is 11.5. The highest BCUT2D eigenvalue weighted by atomic mass is 16.5. The monoisotopic (exact) mass is 264 g/mol.